The van der Waals surface area contributed by atoms with Gasteiger partial charge in [-0.05, 0) is 79.0 Å². The van der Waals surface area contributed by atoms with E-state index in [4.69, 9.17) is 21.1 Å². The maximum Gasteiger partial charge on any atom is 0.161 e. The first-order valence-electron chi connectivity index (χ1n) is 11.4. The standard InChI is InChI=1S/C26H33ClN2O2/c1-24-9-20-10-25(2,15-24)17-26(11-20,16-24)29-13-18-4-6-21(22(8-18)30-3)31-14-19-5-7-23(27)28-12-19/h4-8,12,20,29H,9-11,13-17H2,1-3H3/t20?,24-,25+,26?. The average molecular weight is 441 g/mol. The topological polar surface area (TPSA) is 43.4 Å². The van der Waals surface area contributed by atoms with E-state index in [0.29, 0.717) is 28.1 Å². The van der Waals surface area contributed by atoms with E-state index < -0.39 is 0 Å². The van der Waals surface area contributed by atoms with Gasteiger partial charge < -0.3 is 14.8 Å². The Morgan fingerprint density at radius 2 is 1.74 bits per heavy atom. The molecular weight excluding hydrogens is 408 g/mol. The van der Waals surface area contributed by atoms with Crippen LogP contribution in [0.5, 0.6) is 11.5 Å². The fraction of sp³-hybridized carbons (Fsp3) is 0.577. The van der Waals surface area contributed by atoms with Crippen molar-refractivity contribution >= 4 is 11.6 Å². The molecule has 4 fully saturated rings. The third-order valence-electron chi connectivity index (χ3n) is 7.70. The zero-order chi connectivity index (χ0) is 21.7. The Kier molecular flexibility index (Phi) is 5.22. The molecule has 0 saturated heterocycles. The molecule has 0 radical (unpaired) electrons. The van der Waals surface area contributed by atoms with Crippen molar-refractivity contribution in [1.82, 2.24) is 10.3 Å². The number of benzene rings is 1. The third kappa shape index (κ3) is 4.29. The van der Waals surface area contributed by atoms with Crippen LogP contribution in [0, 0.1) is 16.7 Å². The van der Waals surface area contributed by atoms with Gasteiger partial charge in [-0.3, -0.25) is 0 Å². The summed E-state index contributed by atoms with van der Waals surface area (Å²) in [6, 6.07) is 9.97. The molecule has 2 aromatic rings. The molecule has 1 N–H and O–H groups in total. The molecule has 4 aliphatic carbocycles. The van der Waals surface area contributed by atoms with E-state index in [1.54, 1.807) is 19.4 Å². The number of methoxy groups -OCH3 is 1. The highest BCUT2D eigenvalue weighted by Crippen LogP contribution is 2.66. The summed E-state index contributed by atoms with van der Waals surface area (Å²) < 4.78 is 11.6. The summed E-state index contributed by atoms with van der Waals surface area (Å²) >= 11 is 5.86. The van der Waals surface area contributed by atoms with Crippen molar-refractivity contribution in [2.24, 2.45) is 16.7 Å². The van der Waals surface area contributed by atoms with Crippen LogP contribution in [-0.4, -0.2) is 17.6 Å². The predicted molar refractivity (Wildman–Crippen MR) is 124 cm³/mol. The normalized spacial score (nSPS) is 33.5. The summed E-state index contributed by atoms with van der Waals surface area (Å²) in [5.74, 6) is 2.41. The van der Waals surface area contributed by atoms with Crippen LogP contribution in [0.4, 0.5) is 0 Å². The quantitative estimate of drug-likeness (QED) is 0.523. The maximum absolute atomic E-state index is 5.99. The van der Waals surface area contributed by atoms with Crippen LogP contribution in [0.15, 0.2) is 36.5 Å². The average Bonchev–Trinajstić information content (AvgIpc) is 2.69. The summed E-state index contributed by atoms with van der Waals surface area (Å²) in [6.45, 7) is 6.35. The van der Waals surface area contributed by atoms with Crippen LogP contribution in [0.1, 0.15) is 63.5 Å². The fourth-order valence-corrected chi connectivity index (χ4v) is 7.64. The van der Waals surface area contributed by atoms with Crippen LogP contribution in [0.3, 0.4) is 0 Å². The molecule has 5 heteroatoms. The molecule has 166 valence electrons. The van der Waals surface area contributed by atoms with Crippen LogP contribution >= 0.6 is 11.6 Å². The molecule has 1 heterocycles. The summed E-state index contributed by atoms with van der Waals surface area (Å²) in [5, 5.41) is 4.50. The van der Waals surface area contributed by atoms with Crippen LogP contribution in [0.25, 0.3) is 0 Å². The van der Waals surface area contributed by atoms with Gasteiger partial charge in [0.25, 0.3) is 0 Å². The van der Waals surface area contributed by atoms with E-state index in [9.17, 15) is 0 Å². The second kappa shape index (κ2) is 7.67. The molecule has 1 aromatic heterocycles. The van der Waals surface area contributed by atoms with Crippen LogP contribution < -0.4 is 14.8 Å². The van der Waals surface area contributed by atoms with Gasteiger partial charge in [0.2, 0.25) is 0 Å². The van der Waals surface area contributed by atoms with E-state index in [0.717, 1.165) is 29.5 Å². The van der Waals surface area contributed by atoms with Gasteiger partial charge in [0.15, 0.2) is 11.5 Å². The fourth-order valence-electron chi connectivity index (χ4n) is 7.53. The summed E-state index contributed by atoms with van der Waals surface area (Å²) in [5.41, 5.74) is 3.55. The zero-order valence-corrected chi connectivity index (χ0v) is 19.6. The number of ether oxygens (including phenoxy) is 2. The van der Waals surface area contributed by atoms with Crippen molar-refractivity contribution in [3.8, 4) is 11.5 Å². The highest BCUT2D eigenvalue weighted by molar-refractivity contribution is 6.29. The van der Waals surface area contributed by atoms with E-state index in [2.05, 4.69) is 36.3 Å². The Morgan fingerprint density at radius 3 is 2.39 bits per heavy atom. The number of nitrogens with zero attached hydrogens (tertiary/aromatic N) is 1. The molecule has 4 aliphatic rings. The number of hydrogen-bond donors (Lipinski definition) is 1. The first-order chi connectivity index (χ1) is 14.8. The summed E-state index contributed by atoms with van der Waals surface area (Å²) in [6.07, 6.45) is 9.97. The number of halogens is 1. The Labute approximate surface area is 190 Å². The van der Waals surface area contributed by atoms with Gasteiger partial charge in [-0.25, -0.2) is 4.98 Å². The second-order valence-electron chi connectivity index (χ2n) is 11.0. The lowest BCUT2D eigenvalue weighted by atomic mass is 9.43. The lowest BCUT2D eigenvalue weighted by molar-refractivity contribution is -0.118. The van der Waals surface area contributed by atoms with E-state index >= 15 is 0 Å². The number of pyridine rings is 1. The minimum absolute atomic E-state index is 0.299. The van der Waals surface area contributed by atoms with Crippen molar-refractivity contribution in [3.05, 3.63) is 52.8 Å². The molecular formula is C26H33ClN2O2. The van der Waals surface area contributed by atoms with E-state index in [-0.39, 0.29) is 0 Å². The monoisotopic (exact) mass is 440 g/mol. The smallest absolute Gasteiger partial charge is 0.161 e. The Morgan fingerprint density at radius 1 is 1.00 bits per heavy atom. The first kappa shape index (κ1) is 21.1. The second-order valence-corrected chi connectivity index (χ2v) is 11.4. The van der Waals surface area contributed by atoms with Gasteiger partial charge in [0.05, 0.1) is 7.11 Å². The number of hydrogen-bond acceptors (Lipinski definition) is 4. The molecule has 0 spiro atoms. The van der Waals surface area contributed by atoms with Crippen molar-refractivity contribution < 1.29 is 9.47 Å². The number of nitrogens with one attached hydrogen (secondary N) is 1. The van der Waals surface area contributed by atoms with Crippen LogP contribution in [-0.2, 0) is 13.2 Å². The molecule has 4 atom stereocenters. The molecule has 0 amide bonds. The first-order valence-corrected chi connectivity index (χ1v) is 11.8. The lowest BCUT2D eigenvalue weighted by Gasteiger charge is -2.65. The maximum atomic E-state index is 5.99. The predicted octanol–water partition coefficient (Wildman–Crippen LogP) is 6.16. The van der Waals surface area contributed by atoms with Gasteiger partial charge in [-0.1, -0.05) is 37.6 Å². The highest BCUT2D eigenvalue weighted by atomic mass is 35.5. The SMILES string of the molecule is COc1cc(CNC23CC4C[C@@](C)(C2)C[C@](C)(C4)C3)ccc1OCc1ccc(Cl)nc1. The van der Waals surface area contributed by atoms with Crippen LogP contribution in [0.2, 0.25) is 5.15 Å². The van der Waals surface area contributed by atoms with Gasteiger partial charge in [-0.2, -0.15) is 0 Å². The molecule has 4 saturated carbocycles. The zero-order valence-electron chi connectivity index (χ0n) is 18.8. The third-order valence-corrected chi connectivity index (χ3v) is 7.93. The number of aromatic nitrogens is 1. The lowest BCUT2D eigenvalue weighted by Crippen LogP contribution is -2.63. The Hall–Kier alpha value is -1.78. The largest absolute Gasteiger partial charge is 0.493 e. The molecule has 1 aromatic carbocycles. The van der Waals surface area contributed by atoms with E-state index in [1.807, 2.05) is 12.1 Å². The summed E-state index contributed by atoms with van der Waals surface area (Å²) in [4.78, 5) is 4.11. The Bertz CT molecular complexity index is 942. The molecule has 2 unspecified atom stereocenters. The Balaban J connectivity index is 1.26. The highest BCUT2D eigenvalue weighted by Gasteiger charge is 2.59. The van der Waals surface area contributed by atoms with Crippen molar-refractivity contribution in [3.63, 3.8) is 0 Å². The van der Waals surface area contributed by atoms with Gasteiger partial charge in [-0.15, -0.1) is 0 Å². The molecule has 0 aliphatic heterocycles. The minimum atomic E-state index is 0.299. The molecule has 4 bridgehead atoms. The van der Waals surface area contributed by atoms with Crippen molar-refractivity contribution in [2.45, 2.75) is 71.1 Å². The molecule has 6 rings (SSSR count). The summed E-state index contributed by atoms with van der Waals surface area (Å²) in [7, 11) is 1.70. The number of rotatable bonds is 7. The van der Waals surface area contributed by atoms with Crippen molar-refractivity contribution in [2.75, 3.05) is 7.11 Å². The van der Waals surface area contributed by atoms with Gasteiger partial charge >= 0.3 is 0 Å². The minimum Gasteiger partial charge on any atom is -0.493 e. The van der Waals surface area contributed by atoms with Crippen molar-refractivity contribution in [1.29, 1.82) is 0 Å². The van der Waals surface area contributed by atoms with Gasteiger partial charge in [0.1, 0.15) is 11.8 Å². The molecule has 4 nitrogen and oxygen atoms in total. The van der Waals surface area contributed by atoms with Gasteiger partial charge in [0, 0.05) is 23.8 Å². The molecule has 31 heavy (non-hydrogen) atoms. The van der Waals surface area contributed by atoms with E-state index in [1.165, 1.54) is 44.1 Å².